The van der Waals surface area contributed by atoms with Gasteiger partial charge in [-0.25, -0.2) is 0 Å². The first-order chi connectivity index (χ1) is 14.8. The summed E-state index contributed by atoms with van der Waals surface area (Å²) in [5.41, 5.74) is 3.35. The maximum absolute atomic E-state index is 12.7. The normalized spacial score (nSPS) is 11.1. The van der Waals surface area contributed by atoms with Crippen LogP contribution >= 0.6 is 11.6 Å². The van der Waals surface area contributed by atoms with Crippen molar-refractivity contribution >= 4 is 23.2 Å². The minimum absolute atomic E-state index is 0.0897. The van der Waals surface area contributed by atoms with Gasteiger partial charge >= 0.3 is 0 Å². The van der Waals surface area contributed by atoms with Crippen LogP contribution in [0.1, 0.15) is 49.2 Å². The Morgan fingerprint density at radius 2 is 1.61 bits per heavy atom. The number of rotatable bonds is 7. The summed E-state index contributed by atoms with van der Waals surface area (Å²) in [5.74, 6) is 1.27. The second kappa shape index (κ2) is 9.88. The van der Waals surface area contributed by atoms with Crippen LogP contribution in [0.15, 0.2) is 66.7 Å². The molecule has 1 N–H and O–H groups in total. The molecule has 5 heteroatoms. The lowest BCUT2D eigenvalue weighted by molar-refractivity contribution is 0.102. The highest BCUT2D eigenvalue weighted by Crippen LogP contribution is 2.26. The number of hydrogen-bond donors (Lipinski definition) is 1. The van der Waals surface area contributed by atoms with Crippen molar-refractivity contribution in [3.8, 4) is 11.5 Å². The van der Waals surface area contributed by atoms with E-state index in [9.17, 15) is 4.79 Å². The Bertz CT molecular complexity index is 1020. The topological polar surface area (TPSA) is 47.6 Å². The zero-order valence-corrected chi connectivity index (χ0v) is 19.1. The van der Waals surface area contributed by atoms with Crippen molar-refractivity contribution in [3.63, 3.8) is 0 Å². The molecule has 0 atom stereocenters. The molecule has 0 fully saturated rings. The van der Waals surface area contributed by atoms with Gasteiger partial charge in [-0.15, -0.1) is 0 Å². The highest BCUT2D eigenvalue weighted by molar-refractivity contribution is 6.30. The first-order valence-electron chi connectivity index (χ1n) is 10.3. The predicted octanol–water partition coefficient (Wildman–Crippen LogP) is 6.87. The van der Waals surface area contributed by atoms with Gasteiger partial charge in [-0.2, -0.15) is 0 Å². The monoisotopic (exact) mass is 437 g/mol. The number of hydrogen-bond acceptors (Lipinski definition) is 3. The first kappa shape index (κ1) is 22.7. The maximum atomic E-state index is 12.7. The Balaban J connectivity index is 1.75. The number of nitrogens with one attached hydrogen (secondary N) is 1. The largest absolute Gasteiger partial charge is 0.493 e. The van der Waals surface area contributed by atoms with Gasteiger partial charge in [0.15, 0.2) is 0 Å². The molecule has 0 bridgehead atoms. The van der Waals surface area contributed by atoms with Gasteiger partial charge in [0.1, 0.15) is 18.1 Å². The Morgan fingerprint density at radius 1 is 0.935 bits per heavy atom. The van der Waals surface area contributed by atoms with Crippen molar-refractivity contribution in [2.75, 3.05) is 11.9 Å². The van der Waals surface area contributed by atoms with Crippen LogP contribution in [0.5, 0.6) is 11.5 Å². The molecule has 162 valence electrons. The number of ether oxygens (including phenoxy) is 2. The van der Waals surface area contributed by atoms with Gasteiger partial charge in [0, 0.05) is 21.8 Å². The molecule has 3 aromatic carbocycles. The van der Waals surface area contributed by atoms with Gasteiger partial charge in [-0.05, 0) is 72.5 Å². The quantitative estimate of drug-likeness (QED) is 0.438. The van der Waals surface area contributed by atoms with Crippen molar-refractivity contribution in [1.29, 1.82) is 0 Å². The van der Waals surface area contributed by atoms with Crippen molar-refractivity contribution in [1.82, 2.24) is 0 Å². The lowest BCUT2D eigenvalue weighted by Crippen LogP contribution is -2.13. The smallest absolute Gasteiger partial charge is 0.255 e. The van der Waals surface area contributed by atoms with Crippen LogP contribution in [0, 0.1) is 0 Å². The average molecular weight is 438 g/mol. The van der Waals surface area contributed by atoms with E-state index >= 15 is 0 Å². The van der Waals surface area contributed by atoms with E-state index in [-0.39, 0.29) is 11.3 Å². The van der Waals surface area contributed by atoms with Crippen molar-refractivity contribution in [3.05, 3.63) is 88.4 Å². The summed E-state index contributed by atoms with van der Waals surface area (Å²) in [6.45, 7) is 9.29. The van der Waals surface area contributed by atoms with Crippen LogP contribution in [-0.2, 0) is 12.0 Å². The minimum atomic E-state index is -0.207. The van der Waals surface area contributed by atoms with E-state index in [0.717, 1.165) is 11.3 Å². The molecular weight excluding hydrogens is 410 g/mol. The van der Waals surface area contributed by atoms with Crippen LogP contribution in [0.4, 0.5) is 5.69 Å². The van der Waals surface area contributed by atoms with Crippen molar-refractivity contribution in [2.24, 2.45) is 0 Å². The Labute approximate surface area is 189 Å². The summed E-state index contributed by atoms with van der Waals surface area (Å²) in [7, 11) is 0. The molecule has 0 saturated carbocycles. The summed E-state index contributed by atoms with van der Waals surface area (Å²) in [4.78, 5) is 12.7. The molecule has 1 amide bonds. The fourth-order valence-electron chi connectivity index (χ4n) is 3.08. The van der Waals surface area contributed by atoms with E-state index in [2.05, 4.69) is 38.2 Å². The van der Waals surface area contributed by atoms with E-state index in [1.807, 2.05) is 25.1 Å². The third-order valence-electron chi connectivity index (χ3n) is 4.84. The van der Waals surface area contributed by atoms with Gasteiger partial charge in [0.25, 0.3) is 5.91 Å². The third kappa shape index (κ3) is 6.25. The highest BCUT2D eigenvalue weighted by atomic mass is 35.5. The summed E-state index contributed by atoms with van der Waals surface area (Å²) in [6, 6.07) is 20.5. The van der Waals surface area contributed by atoms with Gasteiger partial charge in [-0.1, -0.05) is 44.5 Å². The van der Waals surface area contributed by atoms with E-state index in [4.69, 9.17) is 21.1 Å². The fourth-order valence-corrected chi connectivity index (χ4v) is 3.20. The first-order valence-corrected chi connectivity index (χ1v) is 10.7. The number of carbonyl (C=O) groups is 1. The van der Waals surface area contributed by atoms with Crippen LogP contribution in [0.25, 0.3) is 0 Å². The third-order valence-corrected chi connectivity index (χ3v) is 5.09. The van der Waals surface area contributed by atoms with Crippen LogP contribution < -0.4 is 14.8 Å². The SMILES string of the molecule is CCOc1ccc(C(=O)Nc2ccc(Cl)cc2)cc1COc1ccc(C(C)(C)C)cc1. The van der Waals surface area contributed by atoms with E-state index in [0.29, 0.717) is 35.2 Å². The second-order valence-electron chi connectivity index (χ2n) is 8.28. The second-order valence-corrected chi connectivity index (χ2v) is 8.72. The predicted molar refractivity (Wildman–Crippen MR) is 126 cm³/mol. The van der Waals surface area contributed by atoms with E-state index in [1.165, 1.54) is 5.56 Å². The van der Waals surface area contributed by atoms with Gasteiger partial charge in [0.05, 0.1) is 6.61 Å². The van der Waals surface area contributed by atoms with Crippen molar-refractivity contribution in [2.45, 2.75) is 39.7 Å². The molecule has 0 heterocycles. The molecule has 3 rings (SSSR count). The molecule has 3 aromatic rings. The molecular formula is C26H28ClNO3. The Hall–Kier alpha value is -2.98. The summed E-state index contributed by atoms with van der Waals surface area (Å²) in [6.07, 6.45) is 0. The van der Waals surface area contributed by atoms with Gasteiger partial charge in [0.2, 0.25) is 0 Å². The molecule has 31 heavy (non-hydrogen) atoms. The molecule has 0 aromatic heterocycles. The number of benzene rings is 3. The maximum Gasteiger partial charge on any atom is 0.255 e. The molecule has 0 saturated heterocycles. The number of anilines is 1. The van der Waals surface area contributed by atoms with Gasteiger partial charge in [-0.3, -0.25) is 4.79 Å². The zero-order chi connectivity index (χ0) is 22.4. The standard InChI is InChI=1S/C26H28ClNO3/c1-5-30-24-15-6-18(25(29)28-22-11-9-21(27)10-12-22)16-19(24)17-31-23-13-7-20(8-14-23)26(2,3)4/h6-16H,5,17H2,1-4H3,(H,28,29). The average Bonchev–Trinajstić information content (AvgIpc) is 2.74. The fraction of sp³-hybridized carbons (Fsp3) is 0.269. The summed E-state index contributed by atoms with van der Waals surface area (Å²) >= 11 is 5.91. The number of carbonyl (C=O) groups excluding carboxylic acids is 1. The summed E-state index contributed by atoms with van der Waals surface area (Å²) in [5, 5.41) is 3.50. The lowest BCUT2D eigenvalue weighted by atomic mass is 9.87. The summed E-state index contributed by atoms with van der Waals surface area (Å²) < 4.78 is 11.7. The molecule has 0 aliphatic heterocycles. The molecule has 4 nitrogen and oxygen atoms in total. The van der Waals surface area contributed by atoms with E-state index < -0.39 is 0 Å². The Morgan fingerprint density at radius 3 is 2.23 bits per heavy atom. The lowest BCUT2D eigenvalue weighted by Gasteiger charge is -2.19. The number of halogens is 1. The van der Waals surface area contributed by atoms with Gasteiger partial charge < -0.3 is 14.8 Å². The molecule has 0 aliphatic rings. The van der Waals surface area contributed by atoms with E-state index in [1.54, 1.807) is 36.4 Å². The Kier molecular flexibility index (Phi) is 7.24. The van der Waals surface area contributed by atoms with Crippen LogP contribution in [0.3, 0.4) is 0 Å². The molecule has 0 spiro atoms. The zero-order valence-electron chi connectivity index (χ0n) is 18.4. The van der Waals surface area contributed by atoms with Crippen LogP contribution in [-0.4, -0.2) is 12.5 Å². The minimum Gasteiger partial charge on any atom is -0.493 e. The van der Waals surface area contributed by atoms with Crippen LogP contribution in [0.2, 0.25) is 5.02 Å². The number of amides is 1. The molecule has 0 unspecified atom stereocenters. The molecule has 0 radical (unpaired) electrons. The van der Waals surface area contributed by atoms with Crippen molar-refractivity contribution < 1.29 is 14.3 Å². The highest BCUT2D eigenvalue weighted by Gasteiger charge is 2.14. The molecule has 0 aliphatic carbocycles.